The van der Waals surface area contributed by atoms with Gasteiger partial charge in [-0.05, 0) is 30.9 Å². The molecule has 0 saturated heterocycles. The fraction of sp³-hybridized carbons (Fsp3) is 0.647. The van der Waals surface area contributed by atoms with Gasteiger partial charge in [0.15, 0.2) is 0 Å². The molecular weight excluding hydrogens is 266 g/mol. The molecule has 3 atom stereocenters. The van der Waals surface area contributed by atoms with Crippen LogP contribution in [0.5, 0.6) is 0 Å². The zero-order chi connectivity index (χ0) is 15.0. The highest BCUT2D eigenvalue weighted by atomic mass is 32.2. The Morgan fingerprint density at radius 3 is 2.25 bits per heavy atom. The second-order valence-electron chi connectivity index (χ2n) is 5.64. The number of benzene rings is 1. The molecular formula is C17H29NOS. The van der Waals surface area contributed by atoms with Crippen molar-refractivity contribution >= 4 is 10.8 Å². The van der Waals surface area contributed by atoms with Crippen LogP contribution in [0.2, 0.25) is 0 Å². The molecule has 2 nitrogen and oxygen atoms in total. The van der Waals surface area contributed by atoms with Crippen molar-refractivity contribution in [3.63, 3.8) is 0 Å². The van der Waals surface area contributed by atoms with E-state index in [1.807, 2.05) is 6.07 Å². The highest BCUT2D eigenvalue weighted by Crippen LogP contribution is 2.27. The van der Waals surface area contributed by atoms with Gasteiger partial charge in [0, 0.05) is 22.6 Å². The van der Waals surface area contributed by atoms with Gasteiger partial charge in [-0.25, -0.2) is 0 Å². The predicted molar refractivity (Wildman–Crippen MR) is 89.4 cm³/mol. The molecule has 0 fully saturated rings. The van der Waals surface area contributed by atoms with Crippen LogP contribution < -0.4 is 5.32 Å². The van der Waals surface area contributed by atoms with Gasteiger partial charge < -0.3 is 5.32 Å². The van der Waals surface area contributed by atoms with Gasteiger partial charge in [-0.2, -0.15) is 0 Å². The SMILES string of the molecule is CCCNC(c1ccccc1)C(C(C)C)S(=O)CCC. The molecule has 20 heavy (non-hydrogen) atoms. The average Bonchev–Trinajstić information content (AvgIpc) is 2.44. The lowest BCUT2D eigenvalue weighted by Crippen LogP contribution is -2.39. The van der Waals surface area contributed by atoms with Crippen molar-refractivity contribution in [2.24, 2.45) is 5.92 Å². The molecule has 0 amide bonds. The van der Waals surface area contributed by atoms with Crippen LogP contribution in [-0.4, -0.2) is 21.8 Å². The molecule has 0 aliphatic heterocycles. The Balaban J connectivity index is 3.02. The molecule has 1 aromatic carbocycles. The second kappa shape index (κ2) is 9.30. The van der Waals surface area contributed by atoms with Crippen molar-refractivity contribution in [3.8, 4) is 0 Å². The van der Waals surface area contributed by atoms with Crippen LogP contribution >= 0.6 is 0 Å². The first-order chi connectivity index (χ1) is 9.61. The van der Waals surface area contributed by atoms with E-state index in [2.05, 4.69) is 57.3 Å². The fourth-order valence-corrected chi connectivity index (χ4v) is 4.40. The minimum atomic E-state index is -0.784. The van der Waals surface area contributed by atoms with Crippen molar-refractivity contribution in [1.82, 2.24) is 5.32 Å². The predicted octanol–water partition coefficient (Wildman–Crippen LogP) is 3.91. The van der Waals surface area contributed by atoms with Crippen molar-refractivity contribution in [3.05, 3.63) is 35.9 Å². The molecule has 3 heteroatoms. The van der Waals surface area contributed by atoms with E-state index < -0.39 is 10.8 Å². The van der Waals surface area contributed by atoms with Gasteiger partial charge in [-0.1, -0.05) is 58.0 Å². The van der Waals surface area contributed by atoms with Gasteiger partial charge in [0.1, 0.15) is 0 Å². The molecule has 1 rings (SSSR count). The third kappa shape index (κ3) is 5.02. The molecule has 0 spiro atoms. The molecule has 0 aliphatic rings. The highest BCUT2D eigenvalue weighted by molar-refractivity contribution is 7.85. The maximum Gasteiger partial charge on any atom is 0.0565 e. The summed E-state index contributed by atoms with van der Waals surface area (Å²) in [6, 6.07) is 10.6. The van der Waals surface area contributed by atoms with Crippen molar-refractivity contribution in [2.75, 3.05) is 12.3 Å². The molecule has 3 unspecified atom stereocenters. The lowest BCUT2D eigenvalue weighted by atomic mass is 9.96. The van der Waals surface area contributed by atoms with E-state index in [-0.39, 0.29) is 11.3 Å². The Hall–Kier alpha value is -0.670. The molecule has 114 valence electrons. The average molecular weight is 295 g/mol. The molecule has 0 bridgehead atoms. The number of rotatable bonds is 9. The summed E-state index contributed by atoms with van der Waals surface area (Å²) in [7, 11) is -0.784. The highest BCUT2D eigenvalue weighted by Gasteiger charge is 2.30. The smallest absolute Gasteiger partial charge is 0.0565 e. The van der Waals surface area contributed by atoms with Crippen LogP contribution in [0.25, 0.3) is 0 Å². The van der Waals surface area contributed by atoms with Crippen molar-refractivity contribution in [2.45, 2.75) is 51.8 Å². The van der Waals surface area contributed by atoms with Gasteiger partial charge in [0.2, 0.25) is 0 Å². The van der Waals surface area contributed by atoms with Gasteiger partial charge >= 0.3 is 0 Å². The number of hydrogen-bond donors (Lipinski definition) is 1. The summed E-state index contributed by atoms with van der Waals surface area (Å²) >= 11 is 0. The summed E-state index contributed by atoms with van der Waals surface area (Å²) in [4.78, 5) is 0. The summed E-state index contributed by atoms with van der Waals surface area (Å²) in [5.74, 6) is 1.19. The molecule has 0 aliphatic carbocycles. The van der Waals surface area contributed by atoms with Crippen molar-refractivity contribution in [1.29, 1.82) is 0 Å². The zero-order valence-electron chi connectivity index (χ0n) is 13.3. The van der Waals surface area contributed by atoms with Gasteiger partial charge in [-0.15, -0.1) is 0 Å². The molecule has 1 N–H and O–H groups in total. The van der Waals surface area contributed by atoms with Crippen LogP contribution in [0.4, 0.5) is 0 Å². The van der Waals surface area contributed by atoms with Crippen LogP contribution in [-0.2, 0) is 10.8 Å². The number of nitrogens with one attached hydrogen (secondary N) is 1. The van der Waals surface area contributed by atoms with E-state index in [1.165, 1.54) is 5.56 Å². The molecule has 0 saturated carbocycles. The van der Waals surface area contributed by atoms with Crippen LogP contribution in [0.3, 0.4) is 0 Å². The largest absolute Gasteiger partial charge is 0.309 e. The lowest BCUT2D eigenvalue weighted by Gasteiger charge is -2.31. The quantitative estimate of drug-likeness (QED) is 0.748. The summed E-state index contributed by atoms with van der Waals surface area (Å²) < 4.78 is 12.6. The van der Waals surface area contributed by atoms with Gasteiger partial charge in [-0.3, -0.25) is 4.21 Å². The standard InChI is InChI=1S/C17H29NOS/c1-5-12-18-16(15-10-8-7-9-11-15)17(14(3)4)20(19)13-6-2/h7-11,14,16-18H,5-6,12-13H2,1-4H3. The topological polar surface area (TPSA) is 29.1 Å². The first kappa shape index (κ1) is 17.4. The minimum absolute atomic E-state index is 0.170. The Kier molecular flexibility index (Phi) is 8.08. The first-order valence-corrected chi connectivity index (χ1v) is 9.15. The maximum atomic E-state index is 12.6. The summed E-state index contributed by atoms with van der Waals surface area (Å²) in [6.45, 7) is 9.60. The third-order valence-corrected chi connectivity index (χ3v) is 5.70. The monoisotopic (exact) mass is 295 g/mol. The van der Waals surface area contributed by atoms with E-state index in [0.717, 1.165) is 25.1 Å². The minimum Gasteiger partial charge on any atom is -0.309 e. The van der Waals surface area contributed by atoms with Gasteiger partial charge in [0.25, 0.3) is 0 Å². The van der Waals surface area contributed by atoms with Crippen molar-refractivity contribution < 1.29 is 4.21 Å². The molecule has 1 aromatic rings. The van der Waals surface area contributed by atoms with Crippen LogP contribution in [0, 0.1) is 5.92 Å². The summed E-state index contributed by atoms with van der Waals surface area (Å²) in [6.07, 6.45) is 2.07. The molecule has 0 heterocycles. The van der Waals surface area contributed by atoms with E-state index in [0.29, 0.717) is 5.92 Å². The summed E-state index contributed by atoms with van der Waals surface area (Å²) in [5, 5.41) is 3.78. The Bertz CT molecular complexity index is 391. The maximum absolute atomic E-state index is 12.6. The zero-order valence-corrected chi connectivity index (χ0v) is 14.1. The Labute approximate surface area is 126 Å². The fourth-order valence-electron chi connectivity index (χ4n) is 2.56. The first-order valence-electron chi connectivity index (χ1n) is 7.77. The number of hydrogen-bond acceptors (Lipinski definition) is 2. The van der Waals surface area contributed by atoms with E-state index in [4.69, 9.17) is 0 Å². The lowest BCUT2D eigenvalue weighted by molar-refractivity contribution is 0.435. The van der Waals surface area contributed by atoms with E-state index >= 15 is 0 Å². The summed E-state index contributed by atoms with van der Waals surface area (Å²) in [5.41, 5.74) is 1.25. The van der Waals surface area contributed by atoms with E-state index in [9.17, 15) is 4.21 Å². The van der Waals surface area contributed by atoms with Crippen LogP contribution in [0.15, 0.2) is 30.3 Å². The third-order valence-electron chi connectivity index (χ3n) is 3.47. The second-order valence-corrected chi connectivity index (χ2v) is 7.35. The van der Waals surface area contributed by atoms with E-state index in [1.54, 1.807) is 0 Å². The van der Waals surface area contributed by atoms with Gasteiger partial charge in [0.05, 0.1) is 5.25 Å². The normalized spacial score (nSPS) is 16.1. The Morgan fingerprint density at radius 2 is 1.75 bits per heavy atom. The molecule has 0 aromatic heterocycles. The van der Waals surface area contributed by atoms with Crippen LogP contribution in [0.1, 0.15) is 52.1 Å². The Morgan fingerprint density at radius 1 is 1.10 bits per heavy atom. The molecule has 0 radical (unpaired) electrons.